The maximum absolute atomic E-state index is 12.0. The Kier molecular flexibility index (Phi) is 6.33. The van der Waals surface area contributed by atoms with E-state index in [1.807, 2.05) is 23.1 Å². The van der Waals surface area contributed by atoms with Gasteiger partial charge in [0.25, 0.3) is 0 Å². The predicted molar refractivity (Wildman–Crippen MR) is 86.6 cm³/mol. The zero-order valence-corrected chi connectivity index (χ0v) is 13.4. The summed E-state index contributed by atoms with van der Waals surface area (Å²) in [5.41, 5.74) is 1.23. The smallest absolute Gasteiger partial charge is 0.317 e. The lowest BCUT2D eigenvalue weighted by atomic mass is 10.2. The van der Waals surface area contributed by atoms with Crippen molar-refractivity contribution in [2.24, 2.45) is 0 Å². The standard InChI is InChI=1S/C16H24ClN3O/c1-2-3-7-18-16(21)20-10-8-19(9-11-20)13-14-5-4-6-15(17)12-14/h4-6,12H,2-3,7-11,13H2,1H3,(H,18,21). The first-order chi connectivity index (χ1) is 10.2. The van der Waals surface area contributed by atoms with Crippen molar-refractivity contribution in [1.29, 1.82) is 0 Å². The van der Waals surface area contributed by atoms with Crippen LogP contribution in [-0.2, 0) is 6.54 Å². The maximum atomic E-state index is 12.0. The third kappa shape index (κ3) is 5.21. The van der Waals surface area contributed by atoms with Crippen molar-refractivity contribution in [2.45, 2.75) is 26.3 Å². The van der Waals surface area contributed by atoms with Crippen molar-refractivity contribution in [3.8, 4) is 0 Å². The number of carbonyl (C=O) groups is 1. The highest BCUT2D eigenvalue weighted by Crippen LogP contribution is 2.14. The van der Waals surface area contributed by atoms with Gasteiger partial charge in [0.1, 0.15) is 0 Å². The van der Waals surface area contributed by atoms with Gasteiger partial charge >= 0.3 is 6.03 Å². The van der Waals surface area contributed by atoms with E-state index in [9.17, 15) is 4.79 Å². The van der Waals surface area contributed by atoms with Crippen molar-refractivity contribution < 1.29 is 4.79 Å². The average Bonchev–Trinajstić information content (AvgIpc) is 2.48. The van der Waals surface area contributed by atoms with Gasteiger partial charge in [-0.2, -0.15) is 0 Å². The number of piperazine rings is 1. The number of amides is 2. The molecule has 1 aliphatic heterocycles. The summed E-state index contributed by atoms with van der Waals surface area (Å²) in [6, 6.07) is 8.05. The fourth-order valence-electron chi connectivity index (χ4n) is 2.49. The van der Waals surface area contributed by atoms with Crippen LogP contribution in [0.3, 0.4) is 0 Å². The second-order valence-electron chi connectivity index (χ2n) is 5.48. The molecule has 1 aromatic rings. The van der Waals surface area contributed by atoms with E-state index in [1.54, 1.807) is 0 Å². The van der Waals surface area contributed by atoms with Gasteiger partial charge in [-0.3, -0.25) is 4.90 Å². The summed E-state index contributed by atoms with van der Waals surface area (Å²) in [6.45, 7) is 7.20. The Labute approximate surface area is 132 Å². The van der Waals surface area contributed by atoms with Gasteiger partial charge in [0.05, 0.1) is 0 Å². The Bertz CT molecular complexity index is 459. The molecule has 0 aromatic heterocycles. The van der Waals surface area contributed by atoms with Crippen molar-refractivity contribution >= 4 is 17.6 Å². The van der Waals surface area contributed by atoms with Crippen LogP contribution in [0.1, 0.15) is 25.3 Å². The van der Waals surface area contributed by atoms with Gasteiger partial charge in [0.2, 0.25) is 0 Å². The number of benzene rings is 1. The van der Waals surface area contributed by atoms with Crippen LogP contribution in [0.25, 0.3) is 0 Å². The molecule has 1 N–H and O–H groups in total. The van der Waals surface area contributed by atoms with E-state index in [-0.39, 0.29) is 6.03 Å². The normalized spacial score (nSPS) is 16.0. The van der Waals surface area contributed by atoms with Gasteiger partial charge < -0.3 is 10.2 Å². The van der Waals surface area contributed by atoms with E-state index >= 15 is 0 Å². The molecule has 2 amide bonds. The molecular weight excluding hydrogens is 286 g/mol. The number of halogens is 1. The van der Waals surface area contributed by atoms with E-state index in [0.717, 1.165) is 57.1 Å². The largest absolute Gasteiger partial charge is 0.338 e. The predicted octanol–water partition coefficient (Wildman–Crippen LogP) is 2.97. The van der Waals surface area contributed by atoms with Crippen LogP contribution >= 0.6 is 11.6 Å². The molecule has 0 unspecified atom stereocenters. The fraction of sp³-hybridized carbons (Fsp3) is 0.562. The molecule has 1 aromatic carbocycles. The second kappa shape index (κ2) is 8.25. The molecular formula is C16H24ClN3O. The molecule has 1 fully saturated rings. The van der Waals surface area contributed by atoms with Crippen LogP contribution in [0, 0.1) is 0 Å². The SMILES string of the molecule is CCCCNC(=O)N1CCN(Cc2cccc(Cl)c2)CC1. The average molecular weight is 310 g/mol. The van der Waals surface area contributed by atoms with Gasteiger partial charge in [-0.15, -0.1) is 0 Å². The van der Waals surface area contributed by atoms with Crippen LogP contribution in [0.5, 0.6) is 0 Å². The third-order valence-corrected chi connectivity index (χ3v) is 4.00. The molecule has 1 aliphatic rings. The first kappa shape index (κ1) is 16.1. The lowest BCUT2D eigenvalue weighted by molar-refractivity contribution is 0.135. The minimum Gasteiger partial charge on any atom is -0.338 e. The van der Waals surface area contributed by atoms with Crippen molar-refractivity contribution in [3.63, 3.8) is 0 Å². The van der Waals surface area contributed by atoms with Gasteiger partial charge in [0.15, 0.2) is 0 Å². The molecule has 116 valence electrons. The maximum Gasteiger partial charge on any atom is 0.317 e. The lowest BCUT2D eigenvalue weighted by Crippen LogP contribution is -2.51. The number of carbonyl (C=O) groups excluding carboxylic acids is 1. The number of hydrogen-bond acceptors (Lipinski definition) is 2. The van der Waals surface area contributed by atoms with Gasteiger partial charge in [-0.25, -0.2) is 4.79 Å². The van der Waals surface area contributed by atoms with Crippen LogP contribution in [0.15, 0.2) is 24.3 Å². The summed E-state index contributed by atoms with van der Waals surface area (Å²) in [5, 5.41) is 3.76. The van der Waals surface area contributed by atoms with E-state index < -0.39 is 0 Å². The number of nitrogens with one attached hydrogen (secondary N) is 1. The highest BCUT2D eigenvalue weighted by atomic mass is 35.5. The first-order valence-electron chi connectivity index (χ1n) is 7.68. The summed E-state index contributed by atoms with van der Waals surface area (Å²) in [5.74, 6) is 0. The van der Waals surface area contributed by atoms with Crippen molar-refractivity contribution in [1.82, 2.24) is 15.1 Å². The van der Waals surface area contributed by atoms with E-state index in [4.69, 9.17) is 11.6 Å². The molecule has 5 heteroatoms. The second-order valence-corrected chi connectivity index (χ2v) is 5.92. The Balaban J connectivity index is 1.74. The molecule has 0 atom stereocenters. The molecule has 0 radical (unpaired) electrons. The van der Waals surface area contributed by atoms with Crippen LogP contribution in [-0.4, -0.2) is 48.6 Å². The van der Waals surface area contributed by atoms with Crippen LogP contribution in [0.2, 0.25) is 5.02 Å². The van der Waals surface area contributed by atoms with Crippen LogP contribution in [0.4, 0.5) is 4.79 Å². The van der Waals surface area contributed by atoms with Crippen molar-refractivity contribution in [2.75, 3.05) is 32.7 Å². The monoisotopic (exact) mass is 309 g/mol. The van der Waals surface area contributed by atoms with E-state index in [0.29, 0.717) is 0 Å². The summed E-state index contributed by atoms with van der Waals surface area (Å²) >= 11 is 6.01. The highest BCUT2D eigenvalue weighted by molar-refractivity contribution is 6.30. The molecule has 1 heterocycles. The summed E-state index contributed by atoms with van der Waals surface area (Å²) in [4.78, 5) is 16.2. The molecule has 0 saturated carbocycles. The zero-order chi connectivity index (χ0) is 15.1. The Hall–Kier alpha value is -1.26. The first-order valence-corrected chi connectivity index (χ1v) is 8.06. The molecule has 2 rings (SSSR count). The Morgan fingerprint density at radius 3 is 2.71 bits per heavy atom. The molecule has 21 heavy (non-hydrogen) atoms. The topological polar surface area (TPSA) is 35.6 Å². The fourth-order valence-corrected chi connectivity index (χ4v) is 2.70. The van der Waals surface area contributed by atoms with Gasteiger partial charge in [-0.1, -0.05) is 37.1 Å². The number of unbranched alkanes of at least 4 members (excludes halogenated alkanes) is 1. The number of rotatable bonds is 5. The third-order valence-electron chi connectivity index (χ3n) is 3.76. The number of nitrogens with zero attached hydrogens (tertiary/aromatic N) is 2. The van der Waals surface area contributed by atoms with Crippen LogP contribution < -0.4 is 5.32 Å². The molecule has 0 spiro atoms. The summed E-state index contributed by atoms with van der Waals surface area (Å²) in [7, 11) is 0. The molecule has 0 aliphatic carbocycles. The van der Waals surface area contributed by atoms with Gasteiger partial charge in [-0.05, 0) is 24.1 Å². The highest BCUT2D eigenvalue weighted by Gasteiger charge is 2.20. The quantitative estimate of drug-likeness (QED) is 0.849. The van der Waals surface area contributed by atoms with Crippen molar-refractivity contribution in [3.05, 3.63) is 34.9 Å². The Morgan fingerprint density at radius 1 is 1.29 bits per heavy atom. The zero-order valence-electron chi connectivity index (χ0n) is 12.6. The van der Waals surface area contributed by atoms with E-state index in [1.165, 1.54) is 5.56 Å². The number of urea groups is 1. The minimum atomic E-state index is 0.0749. The molecule has 1 saturated heterocycles. The minimum absolute atomic E-state index is 0.0749. The van der Waals surface area contributed by atoms with E-state index in [2.05, 4.69) is 23.2 Å². The van der Waals surface area contributed by atoms with Gasteiger partial charge in [0, 0.05) is 44.3 Å². The molecule has 0 bridgehead atoms. The Morgan fingerprint density at radius 2 is 2.05 bits per heavy atom. The number of hydrogen-bond donors (Lipinski definition) is 1. The summed E-state index contributed by atoms with van der Waals surface area (Å²) < 4.78 is 0. The molecule has 4 nitrogen and oxygen atoms in total. The lowest BCUT2D eigenvalue weighted by Gasteiger charge is -2.34. The summed E-state index contributed by atoms with van der Waals surface area (Å²) in [6.07, 6.45) is 2.15.